The Balaban J connectivity index is 2.48. The Morgan fingerprint density at radius 2 is 1.83 bits per heavy atom. The van der Waals surface area contributed by atoms with Crippen LogP contribution in [0.1, 0.15) is 38.8 Å². The fourth-order valence-corrected chi connectivity index (χ4v) is 1.70. The molecule has 1 aromatic carbocycles. The van der Waals surface area contributed by atoms with E-state index in [0.29, 0.717) is 12.0 Å². The lowest BCUT2D eigenvalue weighted by molar-refractivity contribution is 0.259. The molecule has 0 radical (unpaired) electrons. The molecule has 1 rings (SSSR count). The van der Waals surface area contributed by atoms with Crippen LogP contribution in [0.4, 0.5) is 10.5 Å². The van der Waals surface area contributed by atoms with E-state index in [1.165, 1.54) is 12.0 Å². The molecular formula is C14H23N3O. The van der Waals surface area contributed by atoms with Crippen LogP contribution in [0.2, 0.25) is 0 Å². The molecule has 0 fully saturated rings. The summed E-state index contributed by atoms with van der Waals surface area (Å²) in [6.07, 6.45) is 1.17. The first-order chi connectivity index (χ1) is 8.49. The average Bonchev–Trinajstić information content (AvgIpc) is 2.28. The summed E-state index contributed by atoms with van der Waals surface area (Å²) in [7, 11) is 0. The van der Waals surface area contributed by atoms with Gasteiger partial charge in [-0.2, -0.15) is 0 Å². The smallest absolute Gasteiger partial charge is 0.316 e. The quantitative estimate of drug-likeness (QED) is 0.725. The molecule has 1 aromatic rings. The van der Waals surface area contributed by atoms with E-state index in [1.807, 2.05) is 24.3 Å². The van der Waals surface area contributed by atoms with Crippen molar-refractivity contribution in [3.8, 4) is 0 Å². The van der Waals surface area contributed by atoms with Crippen LogP contribution in [0, 0.1) is 5.92 Å². The highest BCUT2D eigenvalue weighted by Gasteiger charge is 2.05. The maximum Gasteiger partial charge on any atom is 0.316 e. The summed E-state index contributed by atoms with van der Waals surface area (Å²) >= 11 is 0. The summed E-state index contributed by atoms with van der Waals surface area (Å²) in [5.41, 5.74) is 6.98. The van der Waals surface area contributed by atoms with E-state index in [1.54, 1.807) is 0 Å². The Labute approximate surface area is 109 Å². The maximum atomic E-state index is 10.7. The summed E-state index contributed by atoms with van der Waals surface area (Å²) in [6.45, 7) is 7.59. The number of rotatable bonds is 6. The summed E-state index contributed by atoms with van der Waals surface area (Å²) < 4.78 is 0. The normalized spacial score (nSPS) is 12.4. The number of primary amides is 1. The molecule has 0 aliphatic carbocycles. The highest BCUT2D eigenvalue weighted by molar-refractivity contribution is 5.87. The van der Waals surface area contributed by atoms with E-state index in [4.69, 9.17) is 5.73 Å². The number of nitrogens with two attached hydrogens (primary N) is 1. The van der Waals surface area contributed by atoms with Gasteiger partial charge in [-0.1, -0.05) is 26.0 Å². The second-order valence-electron chi connectivity index (χ2n) is 4.97. The summed E-state index contributed by atoms with van der Waals surface area (Å²) in [4.78, 5) is 10.7. The zero-order chi connectivity index (χ0) is 13.5. The number of anilines is 1. The van der Waals surface area contributed by atoms with Crippen molar-refractivity contribution < 1.29 is 4.79 Å². The molecule has 0 bridgehead atoms. The molecule has 0 heterocycles. The Bertz CT molecular complexity index is 373. The SMILES string of the molecule is CC(C)CCNC(C)c1ccc(NC(N)=O)cc1. The molecule has 18 heavy (non-hydrogen) atoms. The molecule has 0 saturated heterocycles. The summed E-state index contributed by atoms with van der Waals surface area (Å²) in [6, 6.07) is 7.50. The van der Waals surface area contributed by atoms with Gasteiger partial charge >= 0.3 is 6.03 Å². The van der Waals surface area contributed by atoms with E-state index in [2.05, 4.69) is 31.4 Å². The molecule has 0 saturated carbocycles. The number of nitrogens with one attached hydrogen (secondary N) is 2. The molecule has 100 valence electrons. The van der Waals surface area contributed by atoms with Crippen LogP contribution in [0.25, 0.3) is 0 Å². The number of amides is 2. The molecular weight excluding hydrogens is 226 g/mol. The number of urea groups is 1. The van der Waals surface area contributed by atoms with Gasteiger partial charge in [0, 0.05) is 11.7 Å². The van der Waals surface area contributed by atoms with Gasteiger partial charge in [0.05, 0.1) is 0 Å². The van der Waals surface area contributed by atoms with Crippen molar-refractivity contribution in [2.45, 2.75) is 33.2 Å². The third-order valence-corrected chi connectivity index (χ3v) is 2.85. The molecule has 2 amide bonds. The Kier molecular flexibility index (Phi) is 5.65. The van der Waals surface area contributed by atoms with Crippen LogP contribution in [0.3, 0.4) is 0 Å². The first-order valence-electron chi connectivity index (χ1n) is 6.39. The summed E-state index contributed by atoms with van der Waals surface area (Å²) in [5, 5.41) is 6.03. The van der Waals surface area contributed by atoms with E-state index in [0.717, 1.165) is 12.2 Å². The van der Waals surface area contributed by atoms with Gasteiger partial charge in [0.15, 0.2) is 0 Å². The zero-order valence-corrected chi connectivity index (χ0v) is 11.4. The molecule has 4 heteroatoms. The van der Waals surface area contributed by atoms with Crippen molar-refractivity contribution in [2.24, 2.45) is 11.7 Å². The third kappa shape index (κ3) is 5.19. The van der Waals surface area contributed by atoms with Gasteiger partial charge in [-0.25, -0.2) is 4.79 Å². The average molecular weight is 249 g/mol. The van der Waals surface area contributed by atoms with Gasteiger partial charge in [0.25, 0.3) is 0 Å². The monoisotopic (exact) mass is 249 g/mol. The topological polar surface area (TPSA) is 67.2 Å². The van der Waals surface area contributed by atoms with Gasteiger partial charge in [-0.3, -0.25) is 0 Å². The minimum Gasteiger partial charge on any atom is -0.351 e. The number of benzene rings is 1. The molecule has 4 N–H and O–H groups in total. The molecule has 1 atom stereocenters. The minimum absolute atomic E-state index is 0.311. The van der Waals surface area contributed by atoms with Crippen molar-refractivity contribution in [1.29, 1.82) is 0 Å². The van der Waals surface area contributed by atoms with Gasteiger partial charge < -0.3 is 16.4 Å². The molecule has 4 nitrogen and oxygen atoms in total. The molecule has 1 unspecified atom stereocenters. The predicted octanol–water partition coefficient (Wildman–Crippen LogP) is 2.87. The van der Waals surface area contributed by atoms with Crippen molar-refractivity contribution in [1.82, 2.24) is 5.32 Å². The Morgan fingerprint density at radius 1 is 1.22 bits per heavy atom. The first kappa shape index (κ1) is 14.5. The highest BCUT2D eigenvalue weighted by Crippen LogP contribution is 2.16. The van der Waals surface area contributed by atoms with Crippen LogP contribution in [-0.2, 0) is 0 Å². The van der Waals surface area contributed by atoms with Gasteiger partial charge in [0.1, 0.15) is 0 Å². The number of carbonyl (C=O) groups is 1. The molecule has 0 aromatic heterocycles. The third-order valence-electron chi connectivity index (χ3n) is 2.85. The summed E-state index contributed by atoms with van der Waals surface area (Å²) in [5.74, 6) is 0.715. The standard InChI is InChI=1S/C14H23N3O/c1-10(2)8-9-16-11(3)12-4-6-13(7-5-12)17-14(15)18/h4-7,10-11,16H,8-9H2,1-3H3,(H3,15,17,18). The fourth-order valence-electron chi connectivity index (χ4n) is 1.70. The first-order valence-corrected chi connectivity index (χ1v) is 6.39. The van der Waals surface area contributed by atoms with Crippen molar-refractivity contribution in [3.63, 3.8) is 0 Å². The lowest BCUT2D eigenvalue weighted by Gasteiger charge is -2.15. The van der Waals surface area contributed by atoms with Gasteiger partial charge in [0.2, 0.25) is 0 Å². The van der Waals surface area contributed by atoms with Crippen LogP contribution >= 0.6 is 0 Å². The van der Waals surface area contributed by atoms with Crippen molar-refractivity contribution in [3.05, 3.63) is 29.8 Å². The lowest BCUT2D eigenvalue weighted by Crippen LogP contribution is -2.21. The molecule has 0 aliphatic rings. The van der Waals surface area contributed by atoms with Crippen LogP contribution < -0.4 is 16.4 Å². The zero-order valence-electron chi connectivity index (χ0n) is 11.4. The second kappa shape index (κ2) is 7.01. The molecule has 0 spiro atoms. The lowest BCUT2D eigenvalue weighted by atomic mass is 10.1. The highest BCUT2D eigenvalue weighted by atomic mass is 16.2. The minimum atomic E-state index is -0.536. The predicted molar refractivity (Wildman–Crippen MR) is 75.5 cm³/mol. The van der Waals surface area contributed by atoms with Crippen molar-refractivity contribution in [2.75, 3.05) is 11.9 Å². The van der Waals surface area contributed by atoms with Gasteiger partial charge in [-0.15, -0.1) is 0 Å². The molecule has 0 aliphatic heterocycles. The van der Waals surface area contributed by atoms with Crippen LogP contribution in [-0.4, -0.2) is 12.6 Å². The van der Waals surface area contributed by atoms with E-state index in [-0.39, 0.29) is 0 Å². The maximum absolute atomic E-state index is 10.7. The number of hydrogen-bond donors (Lipinski definition) is 3. The largest absolute Gasteiger partial charge is 0.351 e. The fraction of sp³-hybridized carbons (Fsp3) is 0.500. The van der Waals surface area contributed by atoms with E-state index < -0.39 is 6.03 Å². The number of carbonyl (C=O) groups excluding carboxylic acids is 1. The van der Waals surface area contributed by atoms with E-state index in [9.17, 15) is 4.79 Å². The second-order valence-corrected chi connectivity index (χ2v) is 4.97. The Morgan fingerprint density at radius 3 is 2.33 bits per heavy atom. The van der Waals surface area contributed by atoms with Crippen LogP contribution in [0.15, 0.2) is 24.3 Å². The number of hydrogen-bond acceptors (Lipinski definition) is 2. The van der Waals surface area contributed by atoms with Crippen molar-refractivity contribution >= 4 is 11.7 Å². The van der Waals surface area contributed by atoms with Crippen LogP contribution in [0.5, 0.6) is 0 Å². The Hall–Kier alpha value is -1.55. The van der Waals surface area contributed by atoms with Gasteiger partial charge in [-0.05, 0) is 43.5 Å². The van der Waals surface area contributed by atoms with E-state index >= 15 is 0 Å².